The zero-order valence-electron chi connectivity index (χ0n) is 12.2. The fourth-order valence-corrected chi connectivity index (χ4v) is 1.64. The average molecular weight is 279 g/mol. The van der Waals surface area contributed by atoms with Gasteiger partial charge in [0.15, 0.2) is 5.96 Å². The van der Waals surface area contributed by atoms with Crippen LogP contribution in [0.1, 0.15) is 12.0 Å². The SMILES string of the molecule is COCCNC(N)=NCCCOCCc1ccccc1. The Morgan fingerprint density at radius 2 is 2.00 bits per heavy atom. The summed E-state index contributed by atoms with van der Waals surface area (Å²) >= 11 is 0. The molecule has 0 bridgehead atoms. The highest BCUT2D eigenvalue weighted by atomic mass is 16.5. The maximum absolute atomic E-state index is 5.67. The molecule has 0 spiro atoms. The molecule has 0 aliphatic heterocycles. The van der Waals surface area contributed by atoms with Gasteiger partial charge in [-0.2, -0.15) is 0 Å². The Kier molecular flexibility index (Phi) is 9.26. The molecule has 0 saturated heterocycles. The zero-order valence-corrected chi connectivity index (χ0v) is 12.2. The van der Waals surface area contributed by atoms with Crippen molar-refractivity contribution in [1.29, 1.82) is 0 Å². The first-order chi connectivity index (χ1) is 9.83. The van der Waals surface area contributed by atoms with E-state index in [1.165, 1.54) is 5.56 Å². The Morgan fingerprint density at radius 3 is 2.75 bits per heavy atom. The summed E-state index contributed by atoms with van der Waals surface area (Å²) < 4.78 is 10.5. The number of guanidine groups is 1. The minimum Gasteiger partial charge on any atom is -0.383 e. The molecule has 0 fully saturated rings. The Labute approximate surface area is 121 Å². The molecular formula is C15H25N3O2. The van der Waals surface area contributed by atoms with E-state index >= 15 is 0 Å². The van der Waals surface area contributed by atoms with Gasteiger partial charge in [-0.3, -0.25) is 4.99 Å². The van der Waals surface area contributed by atoms with Crippen LogP contribution >= 0.6 is 0 Å². The van der Waals surface area contributed by atoms with Crippen LogP contribution in [0.25, 0.3) is 0 Å². The van der Waals surface area contributed by atoms with Gasteiger partial charge >= 0.3 is 0 Å². The standard InChI is InChI=1S/C15H25N3O2/c1-19-13-10-18-15(16)17-9-5-11-20-12-8-14-6-3-2-4-7-14/h2-4,6-7H,5,8-13H2,1H3,(H3,16,17,18). The maximum Gasteiger partial charge on any atom is 0.188 e. The summed E-state index contributed by atoms with van der Waals surface area (Å²) in [6, 6.07) is 10.3. The molecule has 1 rings (SSSR count). The van der Waals surface area contributed by atoms with Gasteiger partial charge in [-0.15, -0.1) is 0 Å². The summed E-state index contributed by atoms with van der Waals surface area (Å²) in [7, 11) is 1.65. The zero-order chi connectivity index (χ0) is 14.5. The summed E-state index contributed by atoms with van der Waals surface area (Å²) in [6.45, 7) is 3.44. The van der Waals surface area contributed by atoms with Crippen LogP contribution < -0.4 is 11.1 Å². The highest BCUT2D eigenvalue weighted by Gasteiger charge is 1.93. The fraction of sp³-hybridized carbons (Fsp3) is 0.533. The number of methoxy groups -OCH3 is 1. The van der Waals surface area contributed by atoms with E-state index in [2.05, 4.69) is 22.4 Å². The molecule has 0 amide bonds. The number of rotatable bonds is 10. The first-order valence-corrected chi connectivity index (χ1v) is 6.97. The number of nitrogens with zero attached hydrogens (tertiary/aromatic N) is 1. The van der Waals surface area contributed by atoms with E-state index < -0.39 is 0 Å². The van der Waals surface area contributed by atoms with Gasteiger partial charge in [0.2, 0.25) is 0 Å². The number of nitrogens with one attached hydrogen (secondary N) is 1. The van der Waals surface area contributed by atoms with Crippen molar-refractivity contribution in [3.05, 3.63) is 35.9 Å². The minimum absolute atomic E-state index is 0.464. The molecule has 0 aliphatic carbocycles. The lowest BCUT2D eigenvalue weighted by molar-refractivity contribution is 0.136. The number of benzene rings is 1. The number of aliphatic imine (C=N–C) groups is 1. The molecule has 0 unspecified atom stereocenters. The first-order valence-electron chi connectivity index (χ1n) is 6.97. The third kappa shape index (κ3) is 8.50. The molecule has 1 aromatic rings. The third-order valence-electron chi connectivity index (χ3n) is 2.72. The number of hydrogen-bond donors (Lipinski definition) is 2. The Morgan fingerprint density at radius 1 is 1.20 bits per heavy atom. The Hall–Kier alpha value is -1.59. The second kappa shape index (κ2) is 11.3. The summed E-state index contributed by atoms with van der Waals surface area (Å²) in [5, 5.41) is 2.97. The molecule has 3 N–H and O–H groups in total. The first kappa shape index (κ1) is 16.5. The van der Waals surface area contributed by atoms with E-state index in [9.17, 15) is 0 Å². The summed E-state index contributed by atoms with van der Waals surface area (Å²) in [6.07, 6.45) is 1.83. The predicted octanol–water partition coefficient (Wildman–Crippen LogP) is 1.19. The van der Waals surface area contributed by atoms with Gasteiger partial charge in [-0.1, -0.05) is 30.3 Å². The highest BCUT2D eigenvalue weighted by molar-refractivity contribution is 5.77. The molecule has 112 valence electrons. The molecule has 5 heteroatoms. The van der Waals surface area contributed by atoms with Crippen LogP contribution in [0.4, 0.5) is 0 Å². The topological polar surface area (TPSA) is 68.9 Å². The molecular weight excluding hydrogens is 254 g/mol. The van der Waals surface area contributed by atoms with E-state index in [1.54, 1.807) is 7.11 Å². The van der Waals surface area contributed by atoms with E-state index in [0.717, 1.165) is 19.4 Å². The lowest BCUT2D eigenvalue weighted by Crippen LogP contribution is -2.34. The summed E-state index contributed by atoms with van der Waals surface area (Å²) in [5.41, 5.74) is 6.98. The lowest BCUT2D eigenvalue weighted by atomic mass is 10.2. The van der Waals surface area contributed by atoms with Crippen molar-refractivity contribution in [2.75, 3.05) is 40.0 Å². The molecule has 0 atom stereocenters. The van der Waals surface area contributed by atoms with Crippen molar-refractivity contribution >= 4 is 5.96 Å². The Balaban J connectivity index is 1.95. The van der Waals surface area contributed by atoms with Gasteiger partial charge in [-0.25, -0.2) is 0 Å². The van der Waals surface area contributed by atoms with Crippen LogP contribution in [0.3, 0.4) is 0 Å². The van der Waals surface area contributed by atoms with Gasteiger partial charge in [0.25, 0.3) is 0 Å². The van der Waals surface area contributed by atoms with E-state index in [-0.39, 0.29) is 0 Å². The molecule has 0 saturated carbocycles. The van der Waals surface area contributed by atoms with Gasteiger partial charge in [0.05, 0.1) is 13.2 Å². The molecule has 1 aromatic carbocycles. The predicted molar refractivity (Wildman–Crippen MR) is 82.0 cm³/mol. The Bertz CT molecular complexity index is 369. The lowest BCUT2D eigenvalue weighted by Gasteiger charge is -2.05. The average Bonchev–Trinajstić information content (AvgIpc) is 2.47. The molecule has 5 nitrogen and oxygen atoms in total. The number of hydrogen-bond acceptors (Lipinski definition) is 3. The van der Waals surface area contributed by atoms with Crippen LogP contribution in [0.15, 0.2) is 35.3 Å². The quantitative estimate of drug-likeness (QED) is 0.383. The minimum atomic E-state index is 0.464. The smallest absolute Gasteiger partial charge is 0.188 e. The van der Waals surface area contributed by atoms with E-state index in [1.807, 2.05) is 18.2 Å². The highest BCUT2D eigenvalue weighted by Crippen LogP contribution is 1.99. The molecule has 0 radical (unpaired) electrons. The molecule has 0 aromatic heterocycles. The van der Waals surface area contributed by atoms with Crippen LogP contribution in [0.2, 0.25) is 0 Å². The van der Waals surface area contributed by atoms with E-state index in [4.69, 9.17) is 15.2 Å². The molecule has 0 heterocycles. The largest absolute Gasteiger partial charge is 0.383 e. The second-order valence-corrected chi connectivity index (χ2v) is 4.39. The molecule has 0 aliphatic rings. The fourth-order valence-electron chi connectivity index (χ4n) is 1.64. The second-order valence-electron chi connectivity index (χ2n) is 4.39. The van der Waals surface area contributed by atoms with Crippen molar-refractivity contribution in [1.82, 2.24) is 5.32 Å². The van der Waals surface area contributed by atoms with Gasteiger partial charge < -0.3 is 20.5 Å². The van der Waals surface area contributed by atoms with Gasteiger partial charge in [-0.05, 0) is 18.4 Å². The van der Waals surface area contributed by atoms with E-state index in [0.29, 0.717) is 32.3 Å². The number of nitrogens with two attached hydrogens (primary N) is 1. The maximum atomic E-state index is 5.67. The van der Waals surface area contributed by atoms with Gasteiger partial charge in [0.1, 0.15) is 0 Å². The van der Waals surface area contributed by atoms with Crippen LogP contribution in [0.5, 0.6) is 0 Å². The van der Waals surface area contributed by atoms with Crippen molar-refractivity contribution in [3.8, 4) is 0 Å². The monoisotopic (exact) mass is 279 g/mol. The van der Waals surface area contributed by atoms with Crippen molar-refractivity contribution < 1.29 is 9.47 Å². The van der Waals surface area contributed by atoms with Crippen LogP contribution in [-0.2, 0) is 15.9 Å². The van der Waals surface area contributed by atoms with Crippen LogP contribution in [-0.4, -0.2) is 46.0 Å². The van der Waals surface area contributed by atoms with Crippen LogP contribution in [0, 0.1) is 0 Å². The van der Waals surface area contributed by atoms with Crippen molar-refractivity contribution in [3.63, 3.8) is 0 Å². The van der Waals surface area contributed by atoms with Gasteiger partial charge in [0, 0.05) is 26.8 Å². The van der Waals surface area contributed by atoms with Crippen molar-refractivity contribution in [2.24, 2.45) is 10.7 Å². The molecule has 20 heavy (non-hydrogen) atoms. The third-order valence-corrected chi connectivity index (χ3v) is 2.72. The number of ether oxygens (including phenoxy) is 2. The normalized spacial score (nSPS) is 11.6. The summed E-state index contributed by atoms with van der Waals surface area (Å²) in [5.74, 6) is 0.464. The summed E-state index contributed by atoms with van der Waals surface area (Å²) in [4.78, 5) is 4.20. The van der Waals surface area contributed by atoms with Crippen molar-refractivity contribution in [2.45, 2.75) is 12.8 Å².